The smallest absolute Gasteiger partial charge is 0.222 e. The molecule has 0 aromatic heterocycles. The topological polar surface area (TPSA) is 62.2 Å². The Morgan fingerprint density at radius 3 is 2.56 bits per heavy atom. The van der Waals surface area contributed by atoms with Crippen molar-refractivity contribution in [3.05, 3.63) is 65.7 Å². The second-order valence-electron chi connectivity index (χ2n) is 13.9. The molecule has 0 unspecified atom stereocenters. The normalized spacial score (nSPS) is 26.2. The summed E-state index contributed by atoms with van der Waals surface area (Å²) >= 11 is 0. The van der Waals surface area contributed by atoms with Crippen LogP contribution in [0.25, 0.3) is 0 Å². The van der Waals surface area contributed by atoms with Gasteiger partial charge in [0.25, 0.3) is 0 Å². The third kappa shape index (κ3) is 6.00. The van der Waals surface area contributed by atoms with E-state index in [1.54, 1.807) is 13.2 Å². The fourth-order valence-corrected chi connectivity index (χ4v) is 9.56. The molecule has 244 valence electrons. The second-order valence-corrected chi connectivity index (χ2v) is 13.9. The van der Waals surface area contributed by atoms with Crippen molar-refractivity contribution in [2.24, 2.45) is 5.92 Å². The Labute approximate surface area is 270 Å². The molecule has 0 radical (unpaired) electrons. The number of unbranched alkanes of at least 4 members (excludes halogenated alkanes) is 7. The molecule has 2 aromatic rings. The molecule has 1 saturated carbocycles. The Balaban J connectivity index is 1.05. The van der Waals surface area contributed by atoms with Crippen LogP contribution in [0.4, 0.5) is 0 Å². The third-order valence-corrected chi connectivity index (χ3v) is 11.6. The maximum absolute atomic E-state index is 13.8. The molecule has 5 atom stereocenters. The Kier molecular flexibility index (Phi) is 10.1. The highest BCUT2D eigenvalue weighted by Crippen LogP contribution is 2.65. The van der Waals surface area contributed by atoms with E-state index in [2.05, 4.69) is 53.6 Å². The van der Waals surface area contributed by atoms with E-state index in [0.29, 0.717) is 36.4 Å². The lowest BCUT2D eigenvalue weighted by Crippen LogP contribution is -2.69. The number of piperidine rings is 1. The van der Waals surface area contributed by atoms with Crippen LogP contribution in [0.3, 0.4) is 0 Å². The average molecular weight is 615 g/mol. The van der Waals surface area contributed by atoms with E-state index in [1.807, 2.05) is 6.08 Å². The number of nitrogens with zero attached hydrogens (tertiary/aromatic N) is 2. The number of likely N-dealkylation sites (tertiary alicyclic amines) is 1. The first kappa shape index (κ1) is 32.0. The zero-order valence-electron chi connectivity index (χ0n) is 27.6. The van der Waals surface area contributed by atoms with Gasteiger partial charge in [0.1, 0.15) is 11.9 Å². The summed E-state index contributed by atoms with van der Waals surface area (Å²) in [6, 6.07) is 12.9. The van der Waals surface area contributed by atoms with Crippen LogP contribution in [-0.2, 0) is 23.1 Å². The predicted octanol–water partition coefficient (Wildman–Crippen LogP) is 7.60. The van der Waals surface area contributed by atoms with E-state index >= 15 is 0 Å². The lowest BCUT2D eigenvalue weighted by Gasteiger charge is -2.60. The number of ether oxygens (including phenoxy) is 2. The van der Waals surface area contributed by atoms with Crippen LogP contribution in [-0.4, -0.2) is 65.7 Å². The number of benzene rings is 2. The molecule has 1 saturated heterocycles. The summed E-state index contributed by atoms with van der Waals surface area (Å²) in [5.74, 6) is 2.44. The van der Waals surface area contributed by atoms with Gasteiger partial charge in [-0.3, -0.25) is 9.69 Å². The zero-order chi connectivity index (χ0) is 31.4. The van der Waals surface area contributed by atoms with Gasteiger partial charge in [-0.25, -0.2) is 0 Å². The summed E-state index contributed by atoms with van der Waals surface area (Å²) in [5.41, 5.74) is 3.45. The van der Waals surface area contributed by atoms with Crippen molar-refractivity contribution in [1.29, 1.82) is 0 Å². The summed E-state index contributed by atoms with van der Waals surface area (Å²) < 4.78 is 12.7. The van der Waals surface area contributed by atoms with Crippen molar-refractivity contribution in [1.82, 2.24) is 9.80 Å². The maximum Gasteiger partial charge on any atom is 0.222 e. The molecule has 2 bridgehead atoms. The van der Waals surface area contributed by atoms with Gasteiger partial charge in [0.05, 0.1) is 13.2 Å². The molecule has 1 amide bonds. The highest BCUT2D eigenvalue weighted by molar-refractivity contribution is 5.77. The van der Waals surface area contributed by atoms with E-state index in [-0.39, 0.29) is 23.5 Å². The lowest BCUT2D eigenvalue weighted by atomic mass is 9.50. The number of rotatable bonds is 16. The molecule has 2 aliphatic heterocycles. The monoisotopic (exact) mass is 614 g/mol. The number of carbonyl (C=O) groups excluding carboxylic acids is 1. The molecule has 6 heteroatoms. The highest BCUT2D eigenvalue weighted by Gasteiger charge is 2.67. The lowest BCUT2D eigenvalue weighted by molar-refractivity contribution is -0.142. The molecular formula is C39H54N2O4. The van der Waals surface area contributed by atoms with Gasteiger partial charge in [0, 0.05) is 48.2 Å². The van der Waals surface area contributed by atoms with Crippen molar-refractivity contribution in [2.45, 2.75) is 120 Å². The molecule has 6 nitrogen and oxygen atoms in total. The number of hydrogen-bond acceptors (Lipinski definition) is 5. The quantitative estimate of drug-likeness (QED) is 0.156. The molecule has 4 aliphatic rings. The van der Waals surface area contributed by atoms with Gasteiger partial charge in [0.2, 0.25) is 5.91 Å². The van der Waals surface area contributed by atoms with Crippen LogP contribution in [0.2, 0.25) is 0 Å². The number of methoxy groups -OCH3 is 1. The largest absolute Gasteiger partial charge is 0.508 e. The minimum absolute atomic E-state index is 0.0337. The number of aromatic hydroxyl groups is 1. The first-order valence-electron chi connectivity index (χ1n) is 17.8. The van der Waals surface area contributed by atoms with Crippen LogP contribution in [0.5, 0.6) is 17.2 Å². The molecule has 2 fully saturated rings. The standard InChI is InChI=1S/C39H54N2O4/c1-4-24-40-25-23-39-30-21-22-31(38(39)45-37-34(44-3)27-33(42)29(36(37)39)26-32(30)40)41(5-2)35(43)20-16-11-9-7-6-8-10-13-17-28-18-14-12-15-19-28/h4,12,14-15,18-19,27,30-32,38,42H,1,5-11,13,16-17,20-26H2,2-3H3/t30-,31+,32+,38-,39-/m0/s1. The minimum atomic E-state index is -0.199. The summed E-state index contributed by atoms with van der Waals surface area (Å²) in [5, 5.41) is 11.2. The van der Waals surface area contributed by atoms with Gasteiger partial charge in [-0.1, -0.05) is 74.9 Å². The first-order valence-corrected chi connectivity index (χ1v) is 17.8. The molecule has 2 aliphatic carbocycles. The van der Waals surface area contributed by atoms with Crippen LogP contribution in [0.15, 0.2) is 49.1 Å². The van der Waals surface area contributed by atoms with Crippen molar-refractivity contribution >= 4 is 5.91 Å². The van der Waals surface area contributed by atoms with Gasteiger partial charge in [-0.15, -0.1) is 6.58 Å². The minimum Gasteiger partial charge on any atom is -0.508 e. The Bertz CT molecular complexity index is 1330. The Morgan fingerprint density at radius 2 is 1.84 bits per heavy atom. The van der Waals surface area contributed by atoms with E-state index in [9.17, 15) is 9.90 Å². The summed E-state index contributed by atoms with van der Waals surface area (Å²) in [6.45, 7) is 8.68. The van der Waals surface area contributed by atoms with Crippen molar-refractivity contribution in [3.8, 4) is 17.2 Å². The number of phenolic OH excluding ortho intramolecular Hbond substituents is 1. The SMILES string of the molecule is C=CCN1CC[C@]23c4c5c(O)cc(OC)c4O[C@H]2[C@H](N(CC)C(=O)CCCCCCCCCCc2ccccc2)CC[C@H]3[C@H]1C5. The average Bonchev–Trinajstić information content (AvgIpc) is 3.40. The number of hydrogen-bond donors (Lipinski definition) is 1. The number of aryl methyl sites for hydroxylation is 1. The molecule has 45 heavy (non-hydrogen) atoms. The van der Waals surface area contributed by atoms with Crippen LogP contribution >= 0.6 is 0 Å². The summed E-state index contributed by atoms with van der Waals surface area (Å²) in [6.07, 6.45) is 17.2. The maximum atomic E-state index is 13.8. The van der Waals surface area contributed by atoms with E-state index in [0.717, 1.165) is 62.9 Å². The van der Waals surface area contributed by atoms with Crippen LogP contribution in [0, 0.1) is 5.92 Å². The Morgan fingerprint density at radius 1 is 1.11 bits per heavy atom. The van der Waals surface area contributed by atoms with E-state index < -0.39 is 0 Å². The molecule has 6 rings (SSSR count). The number of amides is 1. The molecule has 2 heterocycles. The second kappa shape index (κ2) is 14.2. The van der Waals surface area contributed by atoms with Gasteiger partial charge in [-0.2, -0.15) is 0 Å². The van der Waals surface area contributed by atoms with Crippen LogP contribution in [0.1, 0.15) is 101 Å². The summed E-state index contributed by atoms with van der Waals surface area (Å²) in [7, 11) is 1.65. The first-order chi connectivity index (χ1) is 22.0. The summed E-state index contributed by atoms with van der Waals surface area (Å²) in [4.78, 5) is 18.5. The number of likely N-dealkylation sites (N-methyl/N-ethyl adjacent to an activating group) is 1. The van der Waals surface area contributed by atoms with Gasteiger partial charge < -0.3 is 19.5 Å². The fraction of sp³-hybridized carbons (Fsp3) is 0.615. The van der Waals surface area contributed by atoms with Crippen molar-refractivity contribution < 1.29 is 19.4 Å². The fourth-order valence-electron chi connectivity index (χ4n) is 9.56. The van der Waals surface area contributed by atoms with E-state index in [4.69, 9.17) is 9.47 Å². The third-order valence-electron chi connectivity index (χ3n) is 11.6. The van der Waals surface area contributed by atoms with Crippen molar-refractivity contribution in [2.75, 3.05) is 26.7 Å². The molecule has 2 aromatic carbocycles. The van der Waals surface area contributed by atoms with Gasteiger partial charge in [0.15, 0.2) is 11.5 Å². The molecular weight excluding hydrogens is 560 g/mol. The van der Waals surface area contributed by atoms with E-state index in [1.165, 1.54) is 56.1 Å². The number of carbonyl (C=O) groups is 1. The Hall–Kier alpha value is -2.99. The predicted molar refractivity (Wildman–Crippen MR) is 180 cm³/mol. The number of phenols is 1. The highest BCUT2D eigenvalue weighted by atomic mass is 16.5. The van der Waals surface area contributed by atoms with Gasteiger partial charge in [-0.05, 0) is 69.9 Å². The van der Waals surface area contributed by atoms with Crippen LogP contribution < -0.4 is 9.47 Å². The molecule has 1 spiro atoms. The van der Waals surface area contributed by atoms with Crippen molar-refractivity contribution in [3.63, 3.8) is 0 Å². The molecule has 1 N–H and O–H groups in total. The van der Waals surface area contributed by atoms with Gasteiger partial charge >= 0.3 is 0 Å². The zero-order valence-corrected chi connectivity index (χ0v) is 27.6.